The Kier molecular flexibility index (Phi) is 5.53. The van der Waals surface area contributed by atoms with Crippen LogP contribution in [0.25, 0.3) is 0 Å². The highest BCUT2D eigenvalue weighted by Crippen LogP contribution is 2.18. The molecule has 0 unspecified atom stereocenters. The summed E-state index contributed by atoms with van der Waals surface area (Å²) in [5.74, 6) is 0.269. The second-order valence-corrected chi connectivity index (χ2v) is 5.59. The number of amides is 1. The number of anilines is 1. The van der Waals surface area contributed by atoms with E-state index in [1.807, 2.05) is 48.7 Å². The minimum absolute atomic E-state index is 0.243. The van der Waals surface area contributed by atoms with Gasteiger partial charge in [0.1, 0.15) is 0 Å². The van der Waals surface area contributed by atoms with E-state index in [9.17, 15) is 4.79 Å². The molecule has 2 aromatic heterocycles. The number of ether oxygens (including phenoxy) is 1. The summed E-state index contributed by atoms with van der Waals surface area (Å²) in [5.41, 5.74) is 2.00. The SMILES string of the molecule is CO[C@H](C(=O)Nc1ccn(CCc2ccncc2)n1)c1ccccc1. The predicted octanol–water partition coefficient (Wildman–Crippen LogP) is 2.85. The number of hydrogen-bond acceptors (Lipinski definition) is 4. The summed E-state index contributed by atoms with van der Waals surface area (Å²) in [6, 6.07) is 15.1. The fraction of sp³-hybridized carbons (Fsp3) is 0.211. The van der Waals surface area contributed by atoms with E-state index in [2.05, 4.69) is 15.4 Å². The minimum atomic E-state index is -0.664. The van der Waals surface area contributed by atoms with Crippen molar-refractivity contribution in [1.82, 2.24) is 14.8 Å². The number of hydrogen-bond donors (Lipinski definition) is 1. The van der Waals surface area contributed by atoms with Crippen molar-refractivity contribution in [2.75, 3.05) is 12.4 Å². The molecule has 0 saturated carbocycles. The molecule has 6 nitrogen and oxygen atoms in total. The van der Waals surface area contributed by atoms with E-state index in [1.165, 1.54) is 12.7 Å². The molecule has 0 saturated heterocycles. The van der Waals surface area contributed by atoms with Gasteiger partial charge in [-0.1, -0.05) is 30.3 Å². The third kappa shape index (κ3) is 4.51. The third-order valence-corrected chi connectivity index (χ3v) is 3.85. The number of aromatic nitrogens is 3. The Labute approximate surface area is 146 Å². The van der Waals surface area contributed by atoms with Gasteiger partial charge in [-0.3, -0.25) is 14.5 Å². The van der Waals surface area contributed by atoms with E-state index in [4.69, 9.17) is 4.74 Å². The first-order valence-corrected chi connectivity index (χ1v) is 8.07. The largest absolute Gasteiger partial charge is 0.367 e. The number of pyridine rings is 1. The first-order valence-electron chi connectivity index (χ1n) is 8.07. The average Bonchev–Trinajstić information content (AvgIpc) is 3.10. The van der Waals surface area contributed by atoms with Crippen LogP contribution in [0, 0.1) is 0 Å². The molecule has 6 heteroatoms. The first kappa shape index (κ1) is 16.9. The Bertz CT molecular complexity index is 803. The van der Waals surface area contributed by atoms with E-state index < -0.39 is 6.10 Å². The lowest BCUT2D eigenvalue weighted by molar-refractivity contribution is -0.126. The van der Waals surface area contributed by atoms with Crippen LogP contribution in [0.15, 0.2) is 67.1 Å². The van der Waals surface area contributed by atoms with Crippen molar-refractivity contribution < 1.29 is 9.53 Å². The van der Waals surface area contributed by atoms with Gasteiger partial charge in [-0.2, -0.15) is 5.10 Å². The van der Waals surface area contributed by atoms with Gasteiger partial charge in [0.2, 0.25) is 0 Å². The highest BCUT2D eigenvalue weighted by molar-refractivity contribution is 5.94. The molecule has 128 valence electrons. The van der Waals surface area contributed by atoms with E-state index in [0.29, 0.717) is 5.82 Å². The summed E-state index contributed by atoms with van der Waals surface area (Å²) in [5, 5.41) is 7.19. The molecule has 0 bridgehead atoms. The smallest absolute Gasteiger partial charge is 0.259 e. The van der Waals surface area contributed by atoms with Gasteiger partial charge >= 0.3 is 0 Å². The average molecular weight is 336 g/mol. The number of carbonyl (C=O) groups is 1. The summed E-state index contributed by atoms with van der Waals surface area (Å²) in [7, 11) is 1.52. The van der Waals surface area contributed by atoms with E-state index in [0.717, 1.165) is 18.5 Å². The zero-order valence-electron chi connectivity index (χ0n) is 14.0. The van der Waals surface area contributed by atoms with Crippen molar-refractivity contribution in [2.45, 2.75) is 19.1 Å². The van der Waals surface area contributed by atoms with Gasteiger partial charge in [-0.05, 0) is 29.7 Å². The van der Waals surface area contributed by atoms with Gasteiger partial charge < -0.3 is 10.1 Å². The maximum atomic E-state index is 12.4. The molecule has 0 spiro atoms. The van der Waals surface area contributed by atoms with Crippen molar-refractivity contribution in [1.29, 1.82) is 0 Å². The number of carbonyl (C=O) groups excluding carboxylic acids is 1. The molecular weight excluding hydrogens is 316 g/mol. The normalized spacial score (nSPS) is 11.9. The minimum Gasteiger partial charge on any atom is -0.367 e. The molecule has 0 aliphatic heterocycles. The van der Waals surface area contributed by atoms with Crippen LogP contribution in [0.2, 0.25) is 0 Å². The molecule has 2 heterocycles. The Morgan fingerprint density at radius 3 is 2.64 bits per heavy atom. The molecular formula is C19H20N4O2. The van der Waals surface area contributed by atoms with E-state index in [-0.39, 0.29) is 5.91 Å². The fourth-order valence-corrected chi connectivity index (χ4v) is 2.56. The van der Waals surface area contributed by atoms with Gasteiger partial charge in [0.15, 0.2) is 11.9 Å². The number of aryl methyl sites for hydroxylation is 2. The van der Waals surface area contributed by atoms with Crippen LogP contribution in [0.5, 0.6) is 0 Å². The molecule has 0 aliphatic rings. The Balaban J connectivity index is 1.59. The maximum absolute atomic E-state index is 12.4. The number of nitrogens with one attached hydrogen (secondary N) is 1. The van der Waals surface area contributed by atoms with Crippen LogP contribution in [0.1, 0.15) is 17.2 Å². The second-order valence-electron chi connectivity index (χ2n) is 5.59. The lowest BCUT2D eigenvalue weighted by Gasteiger charge is -2.14. The van der Waals surface area contributed by atoms with Gasteiger partial charge in [-0.25, -0.2) is 0 Å². The van der Waals surface area contributed by atoms with Crippen LogP contribution < -0.4 is 5.32 Å². The van der Waals surface area contributed by atoms with Gasteiger partial charge in [-0.15, -0.1) is 0 Å². The number of nitrogens with zero attached hydrogens (tertiary/aromatic N) is 3. The molecule has 1 atom stereocenters. The first-order chi connectivity index (χ1) is 12.3. The molecule has 0 radical (unpaired) electrons. The molecule has 1 aromatic carbocycles. The lowest BCUT2D eigenvalue weighted by Crippen LogP contribution is -2.23. The molecule has 3 aromatic rings. The topological polar surface area (TPSA) is 69.0 Å². The highest BCUT2D eigenvalue weighted by atomic mass is 16.5. The Hall–Kier alpha value is -2.99. The summed E-state index contributed by atoms with van der Waals surface area (Å²) < 4.78 is 7.14. The maximum Gasteiger partial charge on any atom is 0.259 e. The standard InChI is InChI=1S/C19H20N4O2/c1-25-18(16-5-3-2-4-6-16)19(24)21-17-10-14-23(22-17)13-9-15-7-11-20-12-8-15/h2-8,10-12,14,18H,9,13H2,1H3,(H,21,22,24)/t18-/m0/s1. The number of methoxy groups -OCH3 is 1. The van der Waals surface area contributed by atoms with Crippen molar-refractivity contribution in [3.8, 4) is 0 Å². The predicted molar refractivity (Wildman–Crippen MR) is 95.0 cm³/mol. The van der Waals surface area contributed by atoms with E-state index >= 15 is 0 Å². The van der Waals surface area contributed by atoms with Crippen molar-refractivity contribution >= 4 is 11.7 Å². The van der Waals surface area contributed by atoms with Crippen molar-refractivity contribution in [3.63, 3.8) is 0 Å². The Morgan fingerprint density at radius 2 is 1.92 bits per heavy atom. The molecule has 3 rings (SSSR count). The highest BCUT2D eigenvalue weighted by Gasteiger charge is 2.20. The van der Waals surface area contributed by atoms with Crippen molar-refractivity contribution in [3.05, 3.63) is 78.2 Å². The zero-order chi connectivity index (χ0) is 17.5. The van der Waals surface area contributed by atoms with Crippen LogP contribution in [0.3, 0.4) is 0 Å². The van der Waals surface area contributed by atoms with Crippen molar-refractivity contribution in [2.24, 2.45) is 0 Å². The Morgan fingerprint density at radius 1 is 1.16 bits per heavy atom. The summed E-state index contributed by atoms with van der Waals surface area (Å²) in [6.45, 7) is 0.728. The third-order valence-electron chi connectivity index (χ3n) is 3.85. The van der Waals surface area contributed by atoms with E-state index in [1.54, 1.807) is 23.1 Å². The zero-order valence-corrected chi connectivity index (χ0v) is 14.0. The molecule has 1 amide bonds. The van der Waals surface area contributed by atoms with Crippen LogP contribution in [-0.4, -0.2) is 27.8 Å². The van der Waals surface area contributed by atoms with Gasteiger partial charge in [0.25, 0.3) is 5.91 Å². The molecule has 1 N–H and O–H groups in total. The summed E-state index contributed by atoms with van der Waals surface area (Å²) in [4.78, 5) is 16.4. The monoisotopic (exact) mass is 336 g/mol. The fourth-order valence-electron chi connectivity index (χ4n) is 2.56. The van der Waals surface area contributed by atoms with Crippen LogP contribution in [0.4, 0.5) is 5.82 Å². The quantitative estimate of drug-likeness (QED) is 0.720. The summed E-state index contributed by atoms with van der Waals surface area (Å²) >= 11 is 0. The molecule has 25 heavy (non-hydrogen) atoms. The van der Waals surface area contributed by atoms with Crippen LogP contribution in [-0.2, 0) is 22.5 Å². The molecule has 0 fully saturated rings. The van der Waals surface area contributed by atoms with Crippen LogP contribution >= 0.6 is 0 Å². The molecule has 0 aliphatic carbocycles. The summed E-state index contributed by atoms with van der Waals surface area (Å²) in [6.07, 6.45) is 5.59. The second kappa shape index (κ2) is 8.21. The lowest BCUT2D eigenvalue weighted by atomic mass is 10.1. The number of benzene rings is 1. The number of rotatable bonds is 7. The van der Waals surface area contributed by atoms with Gasteiger partial charge in [0, 0.05) is 38.3 Å². The van der Waals surface area contributed by atoms with Gasteiger partial charge in [0.05, 0.1) is 0 Å².